The van der Waals surface area contributed by atoms with Crippen LogP contribution < -0.4 is 0 Å². The van der Waals surface area contributed by atoms with E-state index in [0.717, 1.165) is 51.3 Å². The molecule has 0 aromatic rings. The molecule has 3 heteroatoms. The Balaban J connectivity index is 1.92. The van der Waals surface area contributed by atoms with Crippen molar-refractivity contribution in [2.75, 3.05) is 32.8 Å². The fourth-order valence-corrected chi connectivity index (χ4v) is 3.00. The van der Waals surface area contributed by atoms with Gasteiger partial charge in [0.1, 0.15) is 6.29 Å². The average Bonchev–Trinajstić information content (AvgIpc) is 2.30. The molecule has 2 aliphatic rings. The van der Waals surface area contributed by atoms with Crippen LogP contribution in [-0.4, -0.2) is 44.0 Å². The van der Waals surface area contributed by atoms with E-state index in [9.17, 15) is 4.79 Å². The van der Waals surface area contributed by atoms with Gasteiger partial charge in [-0.05, 0) is 38.1 Å². The molecule has 0 aromatic carbocycles. The van der Waals surface area contributed by atoms with Crippen molar-refractivity contribution in [3.8, 4) is 0 Å². The first-order chi connectivity index (χ1) is 7.74. The first-order valence-electron chi connectivity index (χ1n) is 6.50. The summed E-state index contributed by atoms with van der Waals surface area (Å²) in [6.07, 6.45) is 5.78. The summed E-state index contributed by atoms with van der Waals surface area (Å²) in [5.74, 6) is 0.780. The normalized spacial score (nSPS) is 37.2. The van der Waals surface area contributed by atoms with Crippen LogP contribution in [0.4, 0.5) is 0 Å². The summed E-state index contributed by atoms with van der Waals surface area (Å²) >= 11 is 0. The molecule has 0 spiro atoms. The van der Waals surface area contributed by atoms with E-state index in [4.69, 9.17) is 4.74 Å². The van der Waals surface area contributed by atoms with Crippen LogP contribution in [-0.2, 0) is 9.53 Å². The van der Waals surface area contributed by atoms with Crippen molar-refractivity contribution in [3.05, 3.63) is 0 Å². The molecule has 16 heavy (non-hydrogen) atoms. The quantitative estimate of drug-likeness (QED) is 0.685. The molecule has 2 aliphatic heterocycles. The van der Waals surface area contributed by atoms with Gasteiger partial charge in [0.2, 0.25) is 0 Å². The highest BCUT2D eigenvalue weighted by molar-refractivity contribution is 5.60. The highest BCUT2D eigenvalue weighted by atomic mass is 16.5. The predicted octanol–water partition coefficient (Wildman–Crippen LogP) is 1.71. The second-order valence-electron chi connectivity index (χ2n) is 5.62. The standard InChI is InChI=1S/C13H23NO2/c1-12-4-2-6-14(8-12)9-13(10-15)5-3-7-16-11-13/h10,12H,2-9,11H2,1H3. The van der Waals surface area contributed by atoms with Crippen molar-refractivity contribution in [2.24, 2.45) is 11.3 Å². The van der Waals surface area contributed by atoms with Crippen LogP contribution in [0, 0.1) is 11.3 Å². The van der Waals surface area contributed by atoms with Crippen molar-refractivity contribution in [1.29, 1.82) is 0 Å². The highest BCUT2D eigenvalue weighted by Crippen LogP contribution is 2.29. The number of hydrogen-bond acceptors (Lipinski definition) is 3. The van der Waals surface area contributed by atoms with Crippen LogP contribution in [0.3, 0.4) is 0 Å². The monoisotopic (exact) mass is 225 g/mol. The van der Waals surface area contributed by atoms with Crippen LogP contribution in [0.15, 0.2) is 0 Å². The molecule has 92 valence electrons. The lowest BCUT2D eigenvalue weighted by Gasteiger charge is -2.39. The Morgan fingerprint density at radius 2 is 2.38 bits per heavy atom. The fraction of sp³-hybridized carbons (Fsp3) is 0.923. The van der Waals surface area contributed by atoms with Crippen molar-refractivity contribution in [1.82, 2.24) is 4.90 Å². The topological polar surface area (TPSA) is 29.5 Å². The first-order valence-corrected chi connectivity index (χ1v) is 6.50. The molecule has 2 rings (SSSR count). The zero-order chi connectivity index (χ0) is 11.4. The molecular weight excluding hydrogens is 202 g/mol. The SMILES string of the molecule is CC1CCCN(CC2(C=O)CCCOC2)C1. The van der Waals surface area contributed by atoms with E-state index in [0.29, 0.717) is 6.61 Å². The fourth-order valence-electron chi connectivity index (χ4n) is 3.00. The Morgan fingerprint density at radius 3 is 3.00 bits per heavy atom. The van der Waals surface area contributed by atoms with Crippen LogP contribution in [0.1, 0.15) is 32.6 Å². The minimum Gasteiger partial charge on any atom is -0.380 e. The molecule has 2 unspecified atom stereocenters. The summed E-state index contributed by atoms with van der Waals surface area (Å²) in [4.78, 5) is 13.8. The highest BCUT2D eigenvalue weighted by Gasteiger charge is 2.35. The van der Waals surface area contributed by atoms with Gasteiger partial charge in [0, 0.05) is 19.7 Å². The van der Waals surface area contributed by atoms with Crippen molar-refractivity contribution in [2.45, 2.75) is 32.6 Å². The van der Waals surface area contributed by atoms with Gasteiger partial charge in [-0.15, -0.1) is 0 Å². The lowest BCUT2D eigenvalue weighted by Crippen LogP contribution is -2.47. The molecule has 2 atom stereocenters. The predicted molar refractivity (Wildman–Crippen MR) is 63.4 cm³/mol. The van der Waals surface area contributed by atoms with Crippen molar-refractivity contribution >= 4 is 6.29 Å². The smallest absolute Gasteiger partial charge is 0.129 e. The van der Waals surface area contributed by atoms with Gasteiger partial charge in [-0.1, -0.05) is 6.92 Å². The molecular formula is C13H23NO2. The molecule has 0 aliphatic carbocycles. The van der Waals surface area contributed by atoms with Crippen molar-refractivity contribution < 1.29 is 9.53 Å². The number of nitrogens with zero attached hydrogens (tertiary/aromatic N) is 1. The van der Waals surface area contributed by atoms with Gasteiger partial charge in [0.25, 0.3) is 0 Å². The summed E-state index contributed by atoms with van der Waals surface area (Å²) < 4.78 is 5.49. The number of likely N-dealkylation sites (tertiary alicyclic amines) is 1. The second kappa shape index (κ2) is 5.28. The molecule has 2 heterocycles. The van der Waals surface area contributed by atoms with E-state index in [-0.39, 0.29) is 5.41 Å². The first kappa shape index (κ1) is 12.1. The summed E-state index contributed by atoms with van der Waals surface area (Å²) in [6.45, 7) is 6.96. The third kappa shape index (κ3) is 2.83. The van der Waals surface area contributed by atoms with Gasteiger partial charge in [-0.2, -0.15) is 0 Å². The number of aldehydes is 1. The van der Waals surface area contributed by atoms with Crippen LogP contribution in [0.5, 0.6) is 0 Å². The van der Waals surface area contributed by atoms with Gasteiger partial charge in [-0.3, -0.25) is 0 Å². The number of carbonyl (C=O) groups excluding carboxylic acids is 1. The zero-order valence-corrected chi connectivity index (χ0v) is 10.3. The van der Waals surface area contributed by atoms with E-state index in [1.165, 1.54) is 12.8 Å². The molecule has 2 saturated heterocycles. The van der Waals surface area contributed by atoms with Gasteiger partial charge in [0.05, 0.1) is 12.0 Å². The van der Waals surface area contributed by atoms with Gasteiger partial charge < -0.3 is 14.4 Å². The summed E-state index contributed by atoms with van der Waals surface area (Å²) in [6, 6.07) is 0. The maximum Gasteiger partial charge on any atom is 0.129 e. The Bertz CT molecular complexity index is 236. The zero-order valence-electron chi connectivity index (χ0n) is 10.3. The largest absolute Gasteiger partial charge is 0.380 e. The minimum atomic E-state index is -0.213. The molecule has 0 bridgehead atoms. The lowest BCUT2D eigenvalue weighted by molar-refractivity contribution is -0.126. The van der Waals surface area contributed by atoms with Gasteiger partial charge >= 0.3 is 0 Å². The van der Waals surface area contributed by atoms with Crippen LogP contribution in [0.25, 0.3) is 0 Å². The number of rotatable bonds is 3. The molecule has 0 amide bonds. The Hall–Kier alpha value is -0.410. The Morgan fingerprint density at radius 1 is 1.50 bits per heavy atom. The van der Waals surface area contributed by atoms with E-state index < -0.39 is 0 Å². The minimum absolute atomic E-state index is 0.213. The Kier molecular flexibility index (Phi) is 3.98. The van der Waals surface area contributed by atoms with Crippen molar-refractivity contribution in [3.63, 3.8) is 0 Å². The molecule has 0 saturated carbocycles. The maximum absolute atomic E-state index is 11.3. The summed E-state index contributed by atoms with van der Waals surface area (Å²) in [7, 11) is 0. The average molecular weight is 225 g/mol. The molecule has 0 radical (unpaired) electrons. The Labute approximate surface area is 98.1 Å². The maximum atomic E-state index is 11.3. The van der Waals surface area contributed by atoms with E-state index >= 15 is 0 Å². The van der Waals surface area contributed by atoms with Gasteiger partial charge in [0.15, 0.2) is 0 Å². The third-order valence-corrected chi connectivity index (χ3v) is 3.88. The second-order valence-corrected chi connectivity index (χ2v) is 5.62. The molecule has 0 N–H and O–H groups in total. The summed E-state index contributed by atoms with van der Waals surface area (Å²) in [5, 5.41) is 0. The number of piperidine rings is 1. The van der Waals surface area contributed by atoms with E-state index in [2.05, 4.69) is 11.8 Å². The van der Waals surface area contributed by atoms with E-state index in [1.807, 2.05) is 0 Å². The molecule has 3 nitrogen and oxygen atoms in total. The van der Waals surface area contributed by atoms with E-state index in [1.54, 1.807) is 0 Å². The molecule has 2 fully saturated rings. The number of hydrogen-bond donors (Lipinski definition) is 0. The summed E-state index contributed by atoms with van der Waals surface area (Å²) in [5.41, 5.74) is -0.213. The van der Waals surface area contributed by atoms with Gasteiger partial charge in [-0.25, -0.2) is 0 Å². The number of carbonyl (C=O) groups is 1. The molecule has 0 aromatic heterocycles. The van der Waals surface area contributed by atoms with Crippen LogP contribution in [0.2, 0.25) is 0 Å². The number of ether oxygens (including phenoxy) is 1. The van der Waals surface area contributed by atoms with Crippen LogP contribution >= 0.6 is 0 Å². The lowest BCUT2D eigenvalue weighted by atomic mass is 9.82. The third-order valence-electron chi connectivity index (χ3n) is 3.88.